The summed E-state index contributed by atoms with van der Waals surface area (Å²) in [5.74, 6) is 1.05. The molecular formula is C19H27N5S. The van der Waals surface area contributed by atoms with Crippen LogP contribution in [0.1, 0.15) is 43.7 Å². The molecule has 6 heteroatoms. The van der Waals surface area contributed by atoms with Gasteiger partial charge in [0.15, 0.2) is 4.77 Å². The molecule has 0 amide bonds. The second-order valence-electron chi connectivity index (χ2n) is 7.24. The highest BCUT2D eigenvalue weighted by Crippen LogP contribution is 2.31. The van der Waals surface area contributed by atoms with E-state index in [2.05, 4.69) is 54.9 Å². The van der Waals surface area contributed by atoms with Gasteiger partial charge in [-0.25, -0.2) is 5.10 Å². The standard InChI is InChI=1S/C19H27N5S/c25-19-21-20-18(24(19)17-9-5-2-6-10-17)23-13-11-22(12-14-23)15-16-7-3-1-4-8-16/h1,3-4,7-8,17H,2,5-6,9-15H2,(H,21,25). The fourth-order valence-electron chi connectivity index (χ4n) is 4.14. The number of aromatic nitrogens is 3. The van der Waals surface area contributed by atoms with E-state index in [0.717, 1.165) is 43.4 Å². The molecule has 1 aliphatic carbocycles. The van der Waals surface area contributed by atoms with Gasteiger partial charge in [-0.1, -0.05) is 49.6 Å². The Bertz CT molecular complexity index is 724. The summed E-state index contributed by atoms with van der Waals surface area (Å²) in [4.78, 5) is 4.93. The Labute approximate surface area is 154 Å². The van der Waals surface area contributed by atoms with E-state index in [-0.39, 0.29) is 0 Å². The number of anilines is 1. The van der Waals surface area contributed by atoms with Gasteiger partial charge in [-0.3, -0.25) is 9.47 Å². The maximum atomic E-state index is 5.54. The van der Waals surface area contributed by atoms with E-state index in [9.17, 15) is 0 Å². The number of nitrogens with zero attached hydrogens (tertiary/aromatic N) is 4. The van der Waals surface area contributed by atoms with Crippen molar-refractivity contribution in [3.8, 4) is 0 Å². The van der Waals surface area contributed by atoms with Crippen LogP contribution in [0.3, 0.4) is 0 Å². The van der Waals surface area contributed by atoms with Gasteiger partial charge in [0, 0.05) is 38.8 Å². The zero-order valence-electron chi connectivity index (χ0n) is 14.7. The smallest absolute Gasteiger partial charge is 0.226 e. The Balaban J connectivity index is 1.42. The molecule has 1 saturated carbocycles. The van der Waals surface area contributed by atoms with Gasteiger partial charge in [0.2, 0.25) is 5.95 Å². The number of hydrogen-bond acceptors (Lipinski definition) is 4. The lowest BCUT2D eigenvalue weighted by Crippen LogP contribution is -2.47. The molecule has 25 heavy (non-hydrogen) atoms. The second kappa shape index (κ2) is 7.70. The number of hydrogen-bond donors (Lipinski definition) is 1. The summed E-state index contributed by atoms with van der Waals surface area (Å²) >= 11 is 5.54. The highest BCUT2D eigenvalue weighted by molar-refractivity contribution is 7.71. The average Bonchev–Trinajstić information content (AvgIpc) is 3.05. The van der Waals surface area contributed by atoms with Crippen molar-refractivity contribution in [3.63, 3.8) is 0 Å². The SMILES string of the molecule is S=c1[nH]nc(N2CCN(Cc3ccccc3)CC2)n1C1CCCCC1. The van der Waals surface area contributed by atoms with Crippen LogP contribution in [-0.4, -0.2) is 45.8 Å². The van der Waals surface area contributed by atoms with Crippen LogP contribution in [0, 0.1) is 4.77 Å². The van der Waals surface area contributed by atoms with Crippen LogP contribution in [-0.2, 0) is 6.54 Å². The Kier molecular flexibility index (Phi) is 5.17. The Hall–Kier alpha value is -1.66. The van der Waals surface area contributed by atoms with E-state index < -0.39 is 0 Å². The number of benzene rings is 1. The molecule has 0 spiro atoms. The molecule has 2 heterocycles. The van der Waals surface area contributed by atoms with Crippen LogP contribution in [0.2, 0.25) is 0 Å². The largest absolute Gasteiger partial charge is 0.338 e. The molecule has 0 atom stereocenters. The fraction of sp³-hybridized carbons (Fsp3) is 0.579. The first-order valence-electron chi connectivity index (χ1n) is 9.49. The fourth-order valence-corrected chi connectivity index (χ4v) is 4.41. The van der Waals surface area contributed by atoms with Crippen molar-refractivity contribution < 1.29 is 0 Å². The highest BCUT2D eigenvalue weighted by Gasteiger charge is 2.25. The summed E-state index contributed by atoms with van der Waals surface area (Å²) in [6.45, 7) is 5.20. The number of rotatable bonds is 4. The van der Waals surface area contributed by atoms with Gasteiger partial charge in [0.25, 0.3) is 0 Å². The first-order chi connectivity index (χ1) is 12.3. The van der Waals surface area contributed by atoms with Gasteiger partial charge in [-0.15, -0.1) is 5.10 Å². The molecule has 2 aliphatic rings. The van der Waals surface area contributed by atoms with E-state index >= 15 is 0 Å². The Morgan fingerprint density at radius 1 is 1.00 bits per heavy atom. The van der Waals surface area contributed by atoms with Gasteiger partial charge in [0.1, 0.15) is 0 Å². The molecule has 1 aromatic carbocycles. The Morgan fingerprint density at radius 3 is 2.44 bits per heavy atom. The number of aromatic amines is 1. The summed E-state index contributed by atoms with van der Waals surface area (Å²) in [7, 11) is 0. The zero-order valence-corrected chi connectivity index (χ0v) is 15.5. The topological polar surface area (TPSA) is 40.1 Å². The summed E-state index contributed by atoms with van der Waals surface area (Å²) in [5.41, 5.74) is 1.39. The van der Waals surface area contributed by atoms with Crippen molar-refractivity contribution >= 4 is 18.2 Å². The van der Waals surface area contributed by atoms with E-state index in [1.165, 1.54) is 37.7 Å². The predicted molar refractivity (Wildman–Crippen MR) is 103 cm³/mol. The van der Waals surface area contributed by atoms with Crippen molar-refractivity contribution in [1.82, 2.24) is 19.7 Å². The molecule has 1 N–H and O–H groups in total. The van der Waals surface area contributed by atoms with Crippen molar-refractivity contribution in [2.24, 2.45) is 0 Å². The summed E-state index contributed by atoms with van der Waals surface area (Å²) in [6, 6.07) is 11.3. The van der Waals surface area contributed by atoms with E-state index in [1.54, 1.807) is 0 Å². The summed E-state index contributed by atoms with van der Waals surface area (Å²) in [6.07, 6.45) is 6.43. The normalized spacial score (nSPS) is 20.1. The molecule has 2 fully saturated rings. The molecule has 0 bridgehead atoms. The minimum absolute atomic E-state index is 0.525. The van der Waals surface area contributed by atoms with Gasteiger partial charge < -0.3 is 4.90 Å². The van der Waals surface area contributed by atoms with E-state index in [4.69, 9.17) is 12.2 Å². The van der Waals surface area contributed by atoms with Crippen LogP contribution in [0.25, 0.3) is 0 Å². The molecule has 5 nitrogen and oxygen atoms in total. The lowest BCUT2D eigenvalue weighted by Gasteiger charge is -2.36. The number of piperazine rings is 1. The molecule has 1 saturated heterocycles. The van der Waals surface area contributed by atoms with E-state index in [1.807, 2.05) is 0 Å². The molecule has 1 aromatic heterocycles. The number of H-pyrrole nitrogens is 1. The minimum atomic E-state index is 0.525. The maximum absolute atomic E-state index is 5.54. The predicted octanol–water partition coefficient (Wildman–Crippen LogP) is 3.77. The molecular weight excluding hydrogens is 330 g/mol. The Morgan fingerprint density at radius 2 is 1.72 bits per heavy atom. The van der Waals surface area contributed by atoms with Crippen LogP contribution in [0.5, 0.6) is 0 Å². The molecule has 0 radical (unpaired) electrons. The van der Waals surface area contributed by atoms with Gasteiger partial charge >= 0.3 is 0 Å². The third kappa shape index (κ3) is 3.80. The lowest BCUT2D eigenvalue weighted by molar-refractivity contribution is 0.246. The van der Waals surface area contributed by atoms with E-state index in [0.29, 0.717) is 6.04 Å². The first kappa shape index (κ1) is 16.8. The molecule has 4 rings (SSSR count). The van der Waals surface area contributed by atoms with Gasteiger partial charge in [-0.05, 0) is 30.6 Å². The monoisotopic (exact) mass is 357 g/mol. The average molecular weight is 358 g/mol. The van der Waals surface area contributed by atoms with Gasteiger partial charge in [0.05, 0.1) is 0 Å². The third-order valence-electron chi connectivity index (χ3n) is 5.53. The summed E-state index contributed by atoms with van der Waals surface area (Å²) < 4.78 is 3.08. The molecule has 1 aliphatic heterocycles. The second-order valence-corrected chi connectivity index (χ2v) is 7.63. The number of nitrogens with one attached hydrogen (secondary N) is 1. The van der Waals surface area contributed by atoms with Crippen LogP contribution in [0.15, 0.2) is 30.3 Å². The maximum Gasteiger partial charge on any atom is 0.226 e. The molecule has 134 valence electrons. The highest BCUT2D eigenvalue weighted by atomic mass is 32.1. The van der Waals surface area contributed by atoms with Gasteiger partial charge in [-0.2, -0.15) is 0 Å². The van der Waals surface area contributed by atoms with Crippen molar-refractivity contribution in [2.75, 3.05) is 31.1 Å². The van der Waals surface area contributed by atoms with Crippen LogP contribution in [0.4, 0.5) is 5.95 Å². The minimum Gasteiger partial charge on any atom is -0.338 e. The first-order valence-corrected chi connectivity index (χ1v) is 9.90. The third-order valence-corrected chi connectivity index (χ3v) is 5.82. The molecule has 2 aromatic rings. The quantitative estimate of drug-likeness (QED) is 0.846. The van der Waals surface area contributed by atoms with Crippen molar-refractivity contribution in [2.45, 2.75) is 44.7 Å². The molecule has 0 unspecified atom stereocenters. The summed E-state index contributed by atoms with van der Waals surface area (Å²) in [5, 5.41) is 7.62. The zero-order chi connectivity index (χ0) is 17.1. The van der Waals surface area contributed by atoms with Crippen molar-refractivity contribution in [1.29, 1.82) is 0 Å². The van der Waals surface area contributed by atoms with Crippen LogP contribution >= 0.6 is 12.2 Å². The lowest BCUT2D eigenvalue weighted by atomic mass is 9.95. The van der Waals surface area contributed by atoms with Crippen LogP contribution < -0.4 is 4.90 Å². The van der Waals surface area contributed by atoms with Crippen molar-refractivity contribution in [3.05, 3.63) is 40.7 Å².